The van der Waals surface area contributed by atoms with Crippen LogP contribution < -0.4 is 15.1 Å². The Bertz CT molecular complexity index is 377. The number of nitrogens with one attached hydrogen (secondary N) is 1. The van der Waals surface area contributed by atoms with E-state index in [2.05, 4.69) is 45.9 Å². The summed E-state index contributed by atoms with van der Waals surface area (Å²) in [5.74, 6) is 2.03. The zero-order valence-electron chi connectivity index (χ0n) is 12.2. The number of aromatic nitrogens is 3. The molecule has 0 saturated heterocycles. The molecule has 102 valence electrons. The normalized spacial score (nSPS) is 10.6. The molecule has 1 rings (SSSR count). The van der Waals surface area contributed by atoms with Crippen LogP contribution in [0, 0.1) is 0 Å². The van der Waals surface area contributed by atoms with Crippen molar-refractivity contribution in [2.75, 3.05) is 42.3 Å². The van der Waals surface area contributed by atoms with Crippen LogP contribution in [0.1, 0.15) is 27.7 Å². The fourth-order valence-corrected chi connectivity index (χ4v) is 1.66. The van der Waals surface area contributed by atoms with Gasteiger partial charge in [0.15, 0.2) is 0 Å². The standard InChI is InChI=1S/C12H24N6/c1-7-13-10-14-11(17(5)6)16-12(15-10)18(8-2)9(3)4/h9H,7-8H2,1-6H3,(H,13,14,15,16). The second kappa shape index (κ2) is 6.37. The Hall–Kier alpha value is -1.59. The van der Waals surface area contributed by atoms with Crippen molar-refractivity contribution >= 4 is 17.8 Å². The number of rotatable bonds is 6. The zero-order chi connectivity index (χ0) is 13.7. The molecule has 0 aliphatic carbocycles. The molecule has 0 spiro atoms. The highest BCUT2D eigenvalue weighted by molar-refractivity contribution is 5.44. The lowest BCUT2D eigenvalue weighted by Crippen LogP contribution is -2.33. The van der Waals surface area contributed by atoms with E-state index in [1.54, 1.807) is 0 Å². The Morgan fingerprint density at radius 3 is 2.11 bits per heavy atom. The van der Waals surface area contributed by atoms with Crippen LogP contribution in [0.2, 0.25) is 0 Å². The molecule has 0 amide bonds. The minimum atomic E-state index is 0.363. The average molecular weight is 252 g/mol. The van der Waals surface area contributed by atoms with Crippen LogP contribution in [0.5, 0.6) is 0 Å². The van der Waals surface area contributed by atoms with Crippen LogP contribution in [0.3, 0.4) is 0 Å². The molecule has 1 aromatic rings. The molecule has 0 unspecified atom stereocenters. The summed E-state index contributed by atoms with van der Waals surface area (Å²) in [6.45, 7) is 10.1. The topological polar surface area (TPSA) is 57.2 Å². The van der Waals surface area contributed by atoms with Crippen molar-refractivity contribution in [2.45, 2.75) is 33.7 Å². The van der Waals surface area contributed by atoms with Crippen LogP contribution in [0.15, 0.2) is 0 Å². The Labute approximate surface area is 109 Å². The number of hydrogen-bond donors (Lipinski definition) is 1. The molecule has 1 N–H and O–H groups in total. The molecule has 0 radical (unpaired) electrons. The van der Waals surface area contributed by atoms with Crippen LogP contribution in [0.4, 0.5) is 17.8 Å². The highest BCUT2D eigenvalue weighted by atomic mass is 15.4. The summed E-state index contributed by atoms with van der Waals surface area (Å²) in [5, 5.41) is 3.15. The molecule has 0 bridgehead atoms. The lowest BCUT2D eigenvalue weighted by atomic mass is 10.3. The van der Waals surface area contributed by atoms with E-state index in [4.69, 9.17) is 0 Å². The van der Waals surface area contributed by atoms with E-state index < -0.39 is 0 Å². The molecular formula is C12H24N6. The van der Waals surface area contributed by atoms with Gasteiger partial charge in [0.25, 0.3) is 0 Å². The number of nitrogens with zero attached hydrogens (tertiary/aromatic N) is 5. The van der Waals surface area contributed by atoms with Crippen LogP contribution >= 0.6 is 0 Å². The van der Waals surface area contributed by atoms with Crippen molar-refractivity contribution in [3.05, 3.63) is 0 Å². The lowest BCUT2D eigenvalue weighted by Gasteiger charge is -2.26. The first-order valence-electron chi connectivity index (χ1n) is 6.43. The molecule has 0 atom stereocenters. The number of hydrogen-bond acceptors (Lipinski definition) is 6. The van der Waals surface area contributed by atoms with Gasteiger partial charge in [-0.15, -0.1) is 0 Å². The van der Waals surface area contributed by atoms with Gasteiger partial charge in [-0.05, 0) is 27.7 Å². The largest absolute Gasteiger partial charge is 0.354 e. The maximum atomic E-state index is 4.50. The van der Waals surface area contributed by atoms with Gasteiger partial charge in [-0.3, -0.25) is 0 Å². The van der Waals surface area contributed by atoms with Gasteiger partial charge in [-0.2, -0.15) is 15.0 Å². The van der Waals surface area contributed by atoms with Gasteiger partial charge >= 0.3 is 0 Å². The molecule has 0 fully saturated rings. The maximum Gasteiger partial charge on any atom is 0.232 e. The van der Waals surface area contributed by atoms with Gasteiger partial charge in [-0.1, -0.05) is 0 Å². The molecular weight excluding hydrogens is 228 g/mol. The van der Waals surface area contributed by atoms with E-state index in [9.17, 15) is 0 Å². The first-order chi connectivity index (χ1) is 8.49. The van der Waals surface area contributed by atoms with Crippen LogP contribution in [-0.4, -0.2) is 48.2 Å². The quantitative estimate of drug-likeness (QED) is 0.830. The highest BCUT2D eigenvalue weighted by Crippen LogP contribution is 2.16. The van der Waals surface area contributed by atoms with Gasteiger partial charge in [0.05, 0.1) is 0 Å². The van der Waals surface area contributed by atoms with Gasteiger partial charge in [0.1, 0.15) is 0 Å². The Kier molecular flexibility index (Phi) is 5.12. The molecule has 18 heavy (non-hydrogen) atoms. The third kappa shape index (κ3) is 3.45. The Morgan fingerprint density at radius 2 is 1.67 bits per heavy atom. The van der Waals surface area contributed by atoms with E-state index in [0.717, 1.165) is 19.0 Å². The fourth-order valence-electron chi connectivity index (χ4n) is 1.66. The van der Waals surface area contributed by atoms with E-state index >= 15 is 0 Å². The summed E-state index contributed by atoms with van der Waals surface area (Å²) in [7, 11) is 3.86. The summed E-state index contributed by atoms with van der Waals surface area (Å²) < 4.78 is 0. The second-order valence-electron chi connectivity index (χ2n) is 4.56. The smallest absolute Gasteiger partial charge is 0.232 e. The molecule has 1 heterocycles. The minimum absolute atomic E-state index is 0.363. The molecule has 0 aromatic carbocycles. The predicted molar refractivity (Wildman–Crippen MR) is 76.5 cm³/mol. The van der Waals surface area contributed by atoms with Crippen molar-refractivity contribution in [3.8, 4) is 0 Å². The van der Waals surface area contributed by atoms with Crippen molar-refractivity contribution in [1.29, 1.82) is 0 Å². The molecule has 0 saturated carbocycles. The van der Waals surface area contributed by atoms with Crippen LogP contribution in [-0.2, 0) is 0 Å². The van der Waals surface area contributed by atoms with E-state index in [1.165, 1.54) is 0 Å². The molecule has 6 heteroatoms. The zero-order valence-corrected chi connectivity index (χ0v) is 12.2. The van der Waals surface area contributed by atoms with Gasteiger partial charge < -0.3 is 15.1 Å². The SMILES string of the molecule is CCNc1nc(N(C)C)nc(N(CC)C(C)C)n1. The van der Waals surface area contributed by atoms with E-state index in [1.807, 2.05) is 25.9 Å². The Balaban J connectivity index is 3.16. The van der Waals surface area contributed by atoms with Gasteiger partial charge in [-0.25, -0.2) is 0 Å². The first-order valence-corrected chi connectivity index (χ1v) is 6.43. The number of anilines is 3. The summed E-state index contributed by atoms with van der Waals surface area (Å²) >= 11 is 0. The van der Waals surface area contributed by atoms with Crippen LogP contribution in [0.25, 0.3) is 0 Å². The summed E-state index contributed by atoms with van der Waals surface area (Å²) in [4.78, 5) is 17.4. The van der Waals surface area contributed by atoms with Crippen molar-refractivity contribution < 1.29 is 0 Å². The average Bonchev–Trinajstić information content (AvgIpc) is 2.29. The lowest BCUT2D eigenvalue weighted by molar-refractivity contribution is 0.677. The third-order valence-corrected chi connectivity index (χ3v) is 2.57. The second-order valence-corrected chi connectivity index (χ2v) is 4.56. The summed E-state index contributed by atoms with van der Waals surface area (Å²) in [6.07, 6.45) is 0. The molecule has 0 aliphatic heterocycles. The Morgan fingerprint density at radius 1 is 1.06 bits per heavy atom. The summed E-state index contributed by atoms with van der Waals surface area (Å²) in [6, 6.07) is 0.363. The third-order valence-electron chi connectivity index (χ3n) is 2.57. The first kappa shape index (κ1) is 14.5. The van der Waals surface area contributed by atoms with Crippen molar-refractivity contribution in [2.24, 2.45) is 0 Å². The summed E-state index contributed by atoms with van der Waals surface area (Å²) in [5.41, 5.74) is 0. The molecule has 6 nitrogen and oxygen atoms in total. The minimum Gasteiger partial charge on any atom is -0.354 e. The van der Waals surface area contributed by atoms with Gasteiger partial charge in [0.2, 0.25) is 17.8 Å². The fraction of sp³-hybridized carbons (Fsp3) is 0.750. The molecule has 1 aromatic heterocycles. The highest BCUT2D eigenvalue weighted by Gasteiger charge is 2.15. The monoisotopic (exact) mass is 252 g/mol. The maximum absolute atomic E-state index is 4.50. The van der Waals surface area contributed by atoms with Crippen molar-refractivity contribution in [3.63, 3.8) is 0 Å². The predicted octanol–water partition coefficient (Wildman–Crippen LogP) is 1.60. The van der Waals surface area contributed by atoms with E-state index in [0.29, 0.717) is 17.9 Å². The van der Waals surface area contributed by atoms with Gasteiger partial charge in [0, 0.05) is 33.2 Å². The molecule has 0 aliphatic rings. The van der Waals surface area contributed by atoms with Crippen molar-refractivity contribution in [1.82, 2.24) is 15.0 Å². The van der Waals surface area contributed by atoms with E-state index in [-0.39, 0.29) is 0 Å².